The van der Waals surface area contributed by atoms with E-state index in [1.807, 2.05) is 0 Å². The predicted octanol–water partition coefficient (Wildman–Crippen LogP) is 10.9. The van der Waals surface area contributed by atoms with Gasteiger partial charge >= 0.3 is 0 Å². The van der Waals surface area contributed by atoms with Crippen LogP contribution in [0.25, 0.3) is 0 Å². The molecule has 0 aliphatic carbocycles. The molecule has 0 N–H and O–H groups in total. The van der Waals surface area contributed by atoms with E-state index in [0.717, 1.165) is 25.0 Å². The Hall–Kier alpha value is -0.0800. The summed E-state index contributed by atoms with van der Waals surface area (Å²) in [6, 6.07) is 0. The van der Waals surface area contributed by atoms with Gasteiger partial charge in [-0.15, -0.1) is 0 Å². The fourth-order valence-electron chi connectivity index (χ4n) is 4.95. The Morgan fingerprint density at radius 3 is 1.27 bits per heavy atom. The largest absolute Gasteiger partial charge is 0.355 e. The van der Waals surface area contributed by atoms with Gasteiger partial charge in [-0.1, -0.05) is 143 Å². The van der Waals surface area contributed by atoms with Gasteiger partial charge in [-0.3, -0.25) is 0 Å². The van der Waals surface area contributed by atoms with Crippen molar-refractivity contribution < 1.29 is 9.47 Å². The summed E-state index contributed by atoms with van der Waals surface area (Å²) in [6.07, 6.45) is 30.5. The first-order valence-corrected chi connectivity index (χ1v) is 15.4. The maximum atomic E-state index is 5.68. The average Bonchev–Trinajstić information content (AvgIpc) is 2.80. The first kappa shape index (κ1) is 32.9. The van der Waals surface area contributed by atoms with Crippen molar-refractivity contribution in [1.82, 2.24) is 0 Å². The third-order valence-corrected chi connectivity index (χ3v) is 7.15. The fourth-order valence-corrected chi connectivity index (χ4v) is 4.95. The molecule has 0 bridgehead atoms. The molecule has 0 amide bonds. The molecule has 0 aromatic rings. The normalized spacial score (nSPS) is 13.5. The molecule has 2 atom stereocenters. The van der Waals surface area contributed by atoms with Crippen LogP contribution in [0.2, 0.25) is 0 Å². The summed E-state index contributed by atoms with van der Waals surface area (Å²) in [5.74, 6) is 1.70. The summed E-state index contributed by atoms with van der Waals surface area (Å²) in [5.41, 5.74) is 0. The van der Waals surface area contributed by atoms with E-state index in [-0.39, 0.29) is 0 Å². The van der Waals surface area contributed by atoms with Crippen molar-refractivity contribution in [2.45, 2.75) is 169 Å². The van der Waals surface area contributed by atoms with E-state index in [1.54, 1.807) is 0 Å². The molecule has 0 heterocycles. The zero-order valence-corrected chi connectivity index (χ0v) is 23.6. The zero-order chi connectivity index (χ0) is 24.2. The molecule has 0 rings (SSSR count). The minimum atomic E-state index is 0.486. The van der Waals surface area contributed by atoms with Gasteiger partial charge in [-0.25, -0.2) is 0 Å². The highest BCUT2D eigenvalue weighted by molar-refractivity contribution is 4.61. The Balaban J connectivity index is 3.27. The average molecular weight is 469 g/mol. The molecular formula is C31H64O2. The number of ether oxygens (including phenoxy) is 2. The van der Waals surface area contributed by atoms with Crippen LogP contribution in [0.15, 0.2) is 0 Å². The topological polar surface area (TPSA) is 18.5 Å². The molecule has 2 heteroatoms. The van der Waals surface area contributed by atoms with E-state index in [2.05, 4.69) is 27.7 Å². The molecule has 200 valence electrons. The van der Waals surface area contributed by atoms with Crippen LogP contribution in [-0.2, 0) is 9.47 Å². The predicted molar refractivity (Wildman–Crippen MR) is 148 cm³/mol. The summed E-state index contributed by atoms with van der Waals surface area (Å²) in [5, 5.41) is 0. The molecule has 0 spiro atoms. The van der Waals surface area contributed by atoms with Crippen molar-refractivity contribution in [2.75, 3.05) is 20.0 Å². The molecule has 0 aromatic heterocycles. The molecule has 0 aliphatic rings. The Labute approximate surface area is 210 Å². The van der Waals surface area contributed by atoms with Crippen molar-refractivity contribution in [1.29, 1.82) is 0 Å². The molecule has 2 nitrogen and oxygen atoms in total. The SMILES string of the molecule is CCCCCCCCCCCCC(C)CC(C)CCCOCOCCCCCCCCCC. The van der Waals surface area contributed by atoms with E-state index in [1.165, 1.54) is 141 Å². The van der Waals surface area contributed by atoms with Crippen molar-refractivity contribution in [3.05, 3.63) is 0 Å². The molecule has 0 aromatic carbocycles. The highest BCUT2D eigenvalue weighted by atomic mass is 16.7. The van der Waals surface area contributed by atoms with Gasteiger partial charge in [0.15, 0.2) is 0 Å². The molecule has 0 aliphatic heterocycles. The van der Waals surface area contributed by atoms with Crippen LogP contribution in [0.3, 0.4) is 0 Å². The maximum Gasteiger partial charge on any atom is 0.146 e. The van der Waals surface area contributed by atoms with Gasteiger partial charge in [0.25, 0.3) is 0 Å². The lowest BCUT2D eigenvalue weighted by molar-refractivity contribution is -0.0561. The lowest BCUT2D eigenvalue weighted by atomic mass is 9.90. The van der Waals surface area contributed by atoms with E-state index in [4.69, 9.17) is 9.47 Å². The maximum absolute atomic E-state index is 5.68. The van der Waals surface area contributed by atoms with Crippen LogP contribution in [0.5, 0.6) is 0 Å². The van der Waals surface area contributed by atoms with Gasteiger partial charge < -0.3 is 9.47 Å². The van der Waals surface area contributed by atoms with Crippen LogP contribution in [0.4, 0.5) is 0 Å². The van der Waals surface area contributed by atoms with Gasteiger partial charge in [0.05, 0.1) is 0 Å². The lowest BCUT2D eigenvalue weighted by Gasteiger charge is -2.17. The molecule has 2 unspecified atom stereocenters. The highest BCUT2D eigenvalue weighted by Gasteiger charge is 2.09. The quantitative estimate of drug-likeness (QED) is 0.0839. The summed E-state index contributed by atoms with van der Waals surface area (Å²) in [7, 11) is 0. The van der Waals surface area contributed by atoms with Crippen molar-refractivity contribution >= 4 is 0 Å². The van der Waals surface area contributed by atoms with E-state index in [0.29, 0.717) is 6.79 Å². The number of rotatable bonds is 28. The van der Waals surface area contributed by atoms with Crippen LogP contribution in [0.1, 0.15) is 169 Å². The fraction of sp³-hybridized carbons (Fsp3) is 1.00. The molecule has 0 radical (unpaired) electrons. The molecule has 33 heavy (non-hydrogen) atoms. The molecular weight excluding hydrogens is 404 g/mol. The monoisotopic (exact) mass is 468 g/mol. The standard InChI is InChI=1S/C31H64O2/c1-5-7-9-11-13-15-16-17-19-21-24-30(3)28-31(4)25-23-27-33-29-32-26-22-20-18-14-12-10-8-6-2/h30-31H,5-29H2,1-4H3. The summed E-state index contributed by atoms with van der Waals surface area (Å²) in [6.45, 7) is 11.7. The van der Waals surface area contributed by atoms with Gasteiger partial charge in [-0.2, -0.15) is 0 Å². The summed E-state index contributed by atoms with van der Waals surface area (Å²) in [4.78, 5) is 0. The van der Waals surface area contributed by atoms with Gasteiger partial charge in [0, 0.05) is 13.2 Å². The van der Waals surface area contributed by atoms with Crippen LogP contribution in [0, 0.1) is 11.8 Å². The second kappa shape index (κ2) is 28.2. The number of unbranched alkanes of at least 4 members (excludes halogenated alkanes) is 16. The molecule has 0 saturated heterocycles. The highest BCUT2D eigenvalue weighted by Crippen LogP contribution is 2.22. The Bertz CT molecular complexity index is 344. The van der Waals surface area contributed by atoms with Crippen molar-refractivity contribution in [3.8, 4) is 0 Å². The van der Waals surface area contributed by atoms with Crippen LogP contribution in [-0.4, -0.2) is 20.0 Å². The van der Waals surface area contributed by atoms with E-state index < -0.39 is 0 Å². The van der Waals surface area contributed by atoms with Gasteiger partial charge in [0.1, 0.15) is 6.79 Å². The Morgan fingerprint density at radius 1 is 0.424 bits per heavy atom. The minimum Gasteiger partial charge on any atom is -0.355 e. The second-order valence-electron chi connectivity index (χ2n) is 11.0. The zero-order valence-electron chi connectivity index (χ0n) is 23.6. The van der Waals surface area contributed by atoms with Crippen LogP contribution >= 0.6 is 0 Å². The van der Waals surface area contributed by atoms with E-state index >= 15 is 0 Å². The molecule has 0 fully saturated rings. The van der Waals surface area contributed by atoms with E-state index in [9.17, 15) is 0 Å². The second-order valence-corrected chi connectivity index (χ2v) is 11.0. The number of hydrogen-bond donors (Lipinski definition) is 0. The first-order chi connectivity index (χ1) is 16.2. The third-order valence-electron chi connectivity index (χ3n) is 7.15. The minimum absolute atomic E-state index is 0.486. The van der Waals surface area contributed by atoms with Gasteiger partial charge in [-0.05, 0) is 37.5 Å². The Kier molecular flexibility index (Phi) is 28.1. The van der Waals surface area contributed by atoms with Crippen LogP contribution < -0.4 is 0 Å². The number of hydrogen-bond acceptors (Lipinski definition) is 2. The van der Waals surface area contributed by atoms with Crippen molar-refractivity contribution in [3.63, 3.8) is 0 Å². The van der Waals surface area contributed by atoms with Crippen molar-refractivity contribution in [2.24, 2.45) is 11.8 Å². The lowest BCUT2D eigenvalue weighted by Crippen LogP contribution is -2.07. The smallest absolute Gasteiger partial charge is 0.146 e. The molecule has 0 saturated carbocycles. The summed E-state index contributed by atoms with van der Waals surface area (Å²) >= 11 is 0. The third kappa shape index (κ3) is 28.0. The summed E-state index contributed by atoms with van der Waals surface area (Å²) < 4.78 is 11.3. The van der Waals surface area contributed by atoms with Gasteiger partial charge in [0.2, 0.25) is 0 Å². The Morgan fingerprint density at radius 2 is 0.788 bits per heavy atom. The first-order valence-electron chi connectivity index (χ1n) is 15.4.